The molecule has 0 saturated heterocycles. The van der Waals surface area contributed by atoms with Gasteiger partial charge in [-0.1, -0.05) is 41.9 Å². The molecule has 1 N–H and O–H groups in total. The van der Waals surface area contributed by atoms with Gasteiger partial charge in [-0.05, 0) is 23.6 Å². The topological polar surface area (TPSA) is 46.2 Å². The highest BCUT2D eigenvalue weighted by Crippen LogP contribution is 2.18. The van der Waals surface area contributed by atoms with Crippen molar-refractivity contribution in [3.05, 3.63) is 29.8 Å². The summed E-state index contributed by atoms with van der Waals surface area (Å²) in [4.78, 5) is 22.6. The van der Waals surface area contributed by atoms with Crippen molar-refractivity contribution in [1.29, 1.82) is 0 Å². The number of nitrogens with one attached hydrogen (secondary N) is 1. The second kappa shape index (κ2) is 6.55. The molecule has 0 radical (unpaired) electrons. The van der Waals surface area contributed by atoms with Crippen LogP contribution >= 0.6 is 15.9 Å². The van der Waals surface area contributed by atoms with Crippen LogP contribution in [-0.4, -0.2) is 17.0 Å². The maximum absolute atomic E-state index is 11.5. The maximum atomic E-state index is 11.5. The molecular weight excluding hydrogens is 282 g/mol. The molecule has 1 rings (SSSR count). The zero-order valence-corrected chi connectivity index (χ0v) is 11.6. The molecule has 0 fully saturated rings. The number of Topliss-reactive ketones (excluding diaryl/α,β-unsaturated/α-hetero) is 1. The van der Waals surface area contributed by atoms with Crippen LogP contribution in [0.3, 0.4) is 0 Å². The van der Waals surface area contributed by atoms with Gasteiger partial charge < -0.3 is 5.32 Å². The van der Waals surface area contributed by atoms with Crippen LogP contribution in [0, 0.1) is 0 Å². The van der Waals surface area contributed by atoms with Gasteiger partial charge in [0.05, 0.1) is 11.8 Å². The summed E-state index contributed by atoms with van der Waals surface area (Å²) >= 11 is 3.03. The lowest BCUT2D eigenvalue weighted by molar-refractivity contribution is -0.123. The Morgan fingerprint density at radius 1 is 1.35 bits per heavy atom. The van der Waals surface area contributed by atoms with Crippen molar-refractivity contribution >= 4 is 33.3 Å². The van der Waals surface area contributed by atoms with Gasteiger partial charge in [-0.25, -0.2) is 0 Å². The van der Waals surface area contributed by atoms with Crippen LogP contribution in [-0.2, 0) is 9.59 Å². The average molecular weight is 298 g/mol. The Labute approximate surface area is 110 Å². The molecule has 0 bridgehead atoms. The third-order valence-electron chi connectivity index (χ3n) is 2.34. The maximum Gasteiger partial charge on any atom is 0.231 e. The highest BCUT2D eigenvalue weighted by Gasteiger charge is 2.08. The van der Waals surface area contributed by atoms with Crippen LogP contribution in [0.5, 0.6) is 0 Å². The monoisotopic (exact) mass is 297 g/mol. The van der Waals surface area contributed by atoms with Gasteiger partial charge in [-0.15, -0.1) is 0 Å². The third-order valence-corrected chi connectivity index (χ3v) is 2.97. The van der Waals surface area contributed by atoms with Crippen molar-refractivity contribution in [2.24, 2.45) is 0 Å². The molecule has 1 aromatic carbocycles. The van der Waals surface area contributed by atoms with Crippen LogP contribution in [0.2, 0.25) is 0 Å². The first-order chi connectivity index (χ1) is 8.02. The van der Waals surface area contributed by atoms with E-state index < -0.39 is 0 Å². The van der Waals surface area contributed by atoms with Crippen LogP contribution in [0.1, 0.15) is 31.7 Å². The Kier molecular flexibility index (Phi) is 5.35. The summed E-state index contributed by atoms with van der Waals surface area (Å²) in [6.07, 6.45) is -0.0862. The Bertz CT molecular complexity index is 416. The van der Waals surface area contributed by atoms with E-state index in [9.17, 15) is 9.59 Å². The SMILES string of the molecule is CC(C)c1cccc(NC(=O)CC(=O)CBr)c1. The molecule has 3 nitrogen and oxygen atoms in total. The van der Waals surface area contributed by atoms with Crippen LogP contribution < -0.4 is 5.32 Å². The lowest BCUT2D eigenvalue weighted by Crippen LogP contribution is -2.17. The van der Waals surface area contributed by atoms with Gasteiger partial charge in [-0.3, -0.25) is 9.59 Å². The number of anilines is 1. The van der Waals surface area contributed by atoms with E-state index in [0.29, 0.717) is 5.92 Å². The molecule has 0 aromatic heterocycles. The lowest BCUT2D eigenvalue weighted by atomic mass is 10.0. The molecule has 17 heavy (non-hydrogen) atoms. The largest absolute Gasteiger partial charge is 0.326 e. The Morgan fingerprint density at radius 3 is 2.65 bits per heavy atom. The van der Waals surface area contributed by atoms with Crippen molar-refractivity contribution in [2.45, 2.75) is 26.2 Å². The fourth-order valence-corrected chi connectivity index (χ4v) is 1.61. The second-order valence-electron chi connectivity index (χ2n) is 4.18. The summed E-state index contributed by atoms with van der Waals surface area (Å²) in [7, 11) is 0. The van der Waals surface area contributed by atoms with E-state index in [-0.39, 0.29) is 23.4 Å². The minimum absolute atomic E-state index is 0.0862. The molecule has 0 heterocycles. The van der Waals surface area contributed by atoms with Gasteiger partial charge in [0.2, 0.25) is 5.91 Å². The zero-order chi connectivity index (χ0) is 12.8. The van der Waals surface area contributed by atoms with Gasteiger partial charge >= 0.3 is 0 Å². The predicted octanol–water partition coefficient (Wildman–Crippen LogP) is 3.10. The van der Waals surface area contributed by atoms with E-state index >= 15 is 0 Å². The van der Waals surface area contributed by atoms with E-state index in [1.807, 2.05) is 24.3 Å². The van der Waals surface area contributed by atoms with E-state index in [1.54, 1.807) is 0 Å². The second-order valence-corrected chi connectivity index (χ2v) is 4.74. The highest BCUT2D eigenvalue weighted by atomic mass is 79.9. The fourth-order valence-electron chi connectivity index (χ4n) is 1.41. The highest BCUT2D eigenvalue weighted by molar-refractivity contribution is 9.09. The van der Waals surface area contributed by atoms with Crippen LogP contribution in [0.15, 0.2) is 24.3 Å². The summed E-state index contributed by atoms with van der Waals surface area (Å²) in [5.41, 5.74) is 1.90. The molecule has 0 unspecified atom stereocenters. The number of ketones is 1. The van der Waals surface area contributed by atoms with Crippen molar-refractivity contribution < 1.29 is 9.59 Å². The molecule has 0 atom stereocenters. The van der Waals surface area contributed by atoms with Gasteiger partial charge in [-0.2, -0.15) is 0 Å². The number of carbonyl (C=O) groups excluding carboxylic acids is 2. The van der Waals surface area contributed by atoms with Crippen molar-refractivity contribution in [2.75, 3.05) is 10.6 Å². The molecule has 0 saturated carbocycles. The molecule has 0 aliphatic carbocycles. The average Bonchev–Trinajstić information content (AvgIpc) is 2.28. The number of alkyl halides is 1. The minimum Gasteiger partial charge on any atom is -0.326 e. The molecule has 1 aromatic rings. The molecular formula is C13H16BrNO2. The first kappa shape index (κ1) is 13.9. The summed E-state index contributed by atoms with van der Waals surface area (Å²) < 4.78 is 0. The lowest BCUT2D eigenvalue weighted by Gasteiger charge is -2.09. The summed E-state index contributed by atoms with van der Waals surface area (Å²) in [5.74, 6) is 0.0221. The quantitative estimate of drug-likeness (QED) is 0.670. The van der Waals surface area contributed by atoms with Crippen molar-refractivity contribution in [1.82, 2.24) is 0 Å². The molecule has 4 heteroatoms. The predicted molar refractivity (Wildman–Crippen MR) is 72.6 cm³/mol. The van der Waals surface area contributed by atoms with Gasteiger partial charge in [0.25, 0.3) is 0 Å². The van der Waals surface area contributed by atoms with Crippen molar-refractivity contribution in [3.63, 3.8) is 0 Å². The first-order valence-corrected chi connectivity index (χ1v) is 6.62. The molecule has 0 aliphatic heterocycles. The standard InChI is InChI=1S/C13H16BrNO2/c1-9(2)10-4-3-5-11(6-10)15-13(17)7-12(16)8-14/h3-6,9H,7-8H2,1-2H3,(H,15,17). The number of hydrogen-bond donors (Lipinski definition) is 1. The Hall–Kier alpha value is -1.16. The summed E-state index contributed by atoms with van der Waals surface area (Å²) in [5, 5.41) is 2.94. The molecule has 0 spiro atoms. The number of halogens is 1. The van der Waals surface area contributed by atoms with Gasteiger partial charge in [0.1, 0.15) is 0 Å². The smallest absolute Gasteiger partial charge is 0.231 e. The van der Waals surface area contributed by atoms with E-state index in [0.717, 1.165) is 11.3 Å². The fraction of sp³-hybridized carbons (Fsp3) is 0.385. The molecule has 0 aliphatic rings. The first-order valence-electron chi connectivity index (χ1n) is 5.50. The Balaban J connectivity index is 2.65. The zero-order valence-electron chi connectivity index (χ0n) is 10.00. The van der Waals surface area contributed by atoms with E-state index in [4.69, 9.17) is 0 Å². The number of rotatable bonds is 5. The van der Waals surface area contributed by atoms with Crippen LogP contribution in [0.4, 0.5) is 5.69 Å². The summed E-state index contributed by atoms with van der Waals surface area (Å²) in [6.45, 7) is 4.19. The normalized spacial score (nSPS) is 10.4. The summed E-state index contributed by atoms with van der Waals surface area (Å²) in [6, 6.07) is 7.67. The van der Waals surface area contributed by atoms with Gasteiger partial charge in [0.15, 0.2) is 5.78 Å². The minimum atomic E-state index is -0.268. The Morgan fingerprint density at radius 2 is 2.06 bits per heavy atom. The van der Waals surface area contributed by atoms with Crippen molar-refractivity contribution in [3.8, 4) is 0 Å². The molecule has 1 amide bonds. The number of amides is 1. The number of hydrogen-bond acceptors (Lipinski definition) is 2. The van der Waals surface area contributed by atoms with E-state index in [1.165, 1.54) is 0 Å². The number of carbonyl (C=O) groups is 2. The molecule has 92 valence electrons. The van der Waals surface area contributed by atoms with Crippen LogP contribution in [0.25, 0.3) is 0 Å². The van der Waals surface area contributed by atoms with E-state index in [2.05, 4.69) is 35.1 Å². The third kappa shape index (κ3) is 4.69. The number of benzene rings is 1. The van der Waals surface area contributed by atoms with Gasteiger partial charge in [0, 0.05) is 5.69 Å².